The molecule has 1 aromatic heterocycles. The van der Waals surface area contributed by atoms with E-state index in [1.54, 1.807) is 30.3 Å². The number of nitrogens with zero attached hydrogens (tertiary/aromatic N) is 2. The number of methoxy groups -OCH3 is 1. The van der Waals surface area contributed by atoms with Crippen LogP contribution in [0.3, 0.4) is 0 Å². The third kappa shape index (κ3) is 5.22. The van der Waals surface area contributed by atoms with E-state index in [0.717, 1.165) is 10.6 Å². The number of amides is 3. The fourth-order valence-electron chi connectivity index (χ4n) is 3.52. The Kier molecular flexibility index (Phi) is 7.05. The Morgan fingerprint density at radius 1 is 1.14 bits per heavy atom. The van der Waals surface area contributed by atoms with E-state index in [4.69, 9.17) is 9.15 Å². The number of carbonyl (C=O) groups excluding carboxylic acids is 3. The number of carbonyl (C=O) groups is 3. The van der Waals surface area contributed by atoms with Gasteiger partial charge in [0.05, 0.1) is 13.7 Å². The zero-order valence-corrected chi connectivity index (χ0v) is 19.9. The highest BCUT2D eigenvalue weighted by Gasteiger charge is 2.34. The molecule has 1 aliphatic heterocycles. The van der Waals surface area contributed by atoms with Crippen molar-refractivity contribution in [3.05, 3.63) is 88.8 Å². The first-order valence-corrected chi connectivity index (χ1v) is 11.0. The predicted octanol–water partition coefficient (Wildman–Crippen LogP) is 3.94. The van der Waals surface area contributed by atoms with Gasteiger partial charge >= 0.3 is 12.0 Å². The van der Waals surface area contributed by atoms with Crippen LogP contribution >= 0.6 is 0 Å². The Hall–Kier alpha value is -4.60. The van der Waals surface area contributed by atoms with Gasteiger partial charge in [-0.3, -0.25) is 9.69 Å². The summed E-state index contributed by atoms with van der Waals surface area (Å²) in [5.74, 6) is -1.01. The van der Waals surface area contributed by atoms with E-state index in [-0.39, 0.29) is 36.2 Å². The number of hydrogen-bond acceptors (Lipinski definition) is 7. The highest BCUT2D eigenvalue weighted by atomic mass is 19.1. The molecule has 3 amide bonds. The molecule has 2 heterocycles. The van der Waals surface area contributed by atoms with Crippen molar-refractivity contribution < 1.29 is 32.7 Å². The lowest BCUT2D eigenvalue weighted by molar-refractivity contribution is -0.123. The minimum Gasteiger partial charge on any atom is -0.488 e. The number of esters is 1. The minimum atomic E-state index is -0.664. The van der Waals surface area contributed by atoms with Crippen molar-refractivity contribution in [2.24, 2.45) is 0 Å². The smallest absolute Gasteiger partial charge is 0.373 e. The van der Waals surface area contributed by atoms with Crippen LogP contribution in [0.4, 0.5) is 14.9 Å². The first-order valence-electron chi connectivity index (χ1n) is 11.0. The molecule has 0 radical (unpaired) electrons. The molecule has 0 saturated carbocycles. The Bertz CT molecular complexity index is 1350. The predicted molar refractivity (Wildman–Crippen MR) is 129 cm³/mol. The van der Waals surface area contributed by atoms with Gasteiger partial charge in [-0.05, 0) is 36.4 Å². The molecule has 0 aliphatic carbocycles. The summed E-state index contributed by atoms with van der Waals surface area (Å²) in [5, 5.41) is 2.55. The summed E-state index contributed by atoms with van der Waals surface area (Å²) < 4.78 is 30.0. The van der Waals surface area contributed by atoms with Crippen LogP contribution < -0.4 is 15.0 Å². The van der Waals surface area contributed by atoms with Crippen LogP contribution in [-0.4, -0.2) is 44.0 Å². The van der Waals surface area contributed by atoms with Gasteiger partial charge in [0.1, 0.15) is 29.6 Å². The van der Waals surface area contributed by atoms with Gasteiger partial charge in [-0.1, -0.05) is 18.2 Å². The topological polar surface area (TPSA) is 101 Å². The summed E-state index contributed by atoms with van der Waals surface area (Å²) in [5.41, 5.74) is 1.78. The first kappa shape index (κ1) is 24.5. The van der Waals surface area contributed by atoms with Gasteiger partial charge in [0.25, 0.3) is 5.91 Å². The zero-order valence-electron chi connectivity index (χ0n) is 19.9. The number of halogens is 1. The van der Waals surface area contributed by atoms with E-state index in [9.17, 15) is 18.8 Å². The van der Waals surface area contributed by atoms with Crippen molar-refractivity contribution in [1.29, 1.82) is 0 Å². The van der Waals surface area contributed by atoms with Crippen LogP contribution in [-0.2, 0) is 22.7 Å². The number of hydrogen-bond donors (Lipinski definition) is 1. The molecule has 186 valence electrons. The molecule has 1 saturated heterocycles. The number of imide groups is 1. The van der Waals surface area contributed by atoms with Crippen molar-refractivity contribution in [2.75, 3.05) is 26.1 Å². The summed E-state index contributed by atoms with van der Waals surface area (Å²) in [6.45, 7) is -0.192. The molecule has 10 heteroatoms. The summed E-state index contributed by atoms with van der Waals surface area (Å²) >= 11 is 0. The van der Waals surface area contributed by atoms with Crippen LogP contribution in [0.5, 0.6) is 5.75 Å². The van der Waals surface area contributed by atoms with Crippen LogP contribution in [0.25, 0.3) is 6.08 Å². The van der Waals surface area contributed by atoms with Gasteiger partial charge < -0.3 is 24.1 Å². The summed E-state index contributed by atoms with van der Waals surface area (Å²) in [6, 6.07) is 13.9. The first-order chi connectivity index (χ1) is 17.3. The molecule has 0 atom stereocenters. The standard InChI is InChI=1S/C26H24FN3O6/c1-29(2)18-9-8-16(23(13-18)35-15-17-6-4-5-7-20(17)27)12-21-24(31)30(26(33)28-21)14-19-10-11-22(36-19)25(32)34-3/h4-13H,14-15H2,1-3H3,(H,28,33)/b21-12-. The van der Waals surface area contributed by atoms with E-state index in [1.807, 2.05) is 25.1 Å². The molecule has 1 N–H and O–H groups in total. The summed E-state index contributed by atoms with van der Waals surface area (Å²) in [7, 11) is 4.96. The van der Waals surface area contributed by atoms with E-state index in [0.29, 0.717) is 16.9 Å². The van der Waals surface area contributed by atoms with Crippen molar-refractivity contribution in [3.8, 4) is 5.75 Å². The maximum atomic E-state index is 14.1. The van der Waals surface area contributed by atoms with E-state index in [1.165, 1.54) is 31.4 Å². The monoisotopic (exact) mass is 493 g/mol. The van der Waals surface area contributed by atoms with Crippen LogP contribution in [0.2, 0.25) is 0 Å². The van der Waals surface area contributed by atoms with Gasteiger partial charge in [-0.15, -0.1) is 0 Å². The largest absolute Gasteiger partial charge is 0.488 e. The molecule has 3 aromatic rings. The zero-order chi connectivity index (χ0) is 25.8. The van der Waals surface area contributed by atoms with Gasteiger partial charge in [0, 0.05) is 37.0 Å². The normalized spacial score (nSPS) is 14.2. The van der Waals surface area contributed by atoms with Crippen molar-refractivity contribution in [2.45, 2.75) is 13.2 Å². The average molecular weight is 493 g/mol. The molecule has 0 unspecified atom stereocenters. The molecular formula is C26H24FN3O6. The molecule has 0 spiro atoms. The molecule has 0 bridgehead atoms. The van der Waals surface area contributed by atoms with Gasteiger partial charge in [-0.25, -0.2) is 14.0 Å². The second kappa shape index (κ2) is 10.3. The summed E-state index contributed by atoms with van der Waals surface area (Å²) in [6.07, 6.45) is 1.50. The molecule has 1 fully saturated rings. The lowest BCUT2D eigenvalue weighted by Crippen LogP contribution is -2.30. The number of furan rings is 1. The lowest BCUT2D eigenvalue weighted by Gasteiger charge is -2.16. The Labute approximate surface area is 206 Å². The molecular weight excluding hydrogens is 469 g/mol. The number of anilines is 1. The molecule has 2 aromatic carbocycles. The number of benzene rings is 2. The highest BCUT2D eigenvalue weighted by molar-refractivity contribution is 6.14. The second-order valence-corrected chi connectivity index (χ2v) is 8.13. The molecule has 4 rings (SSSR count). The third-order valence-electron chi connectivity index (χ3n) is 5.48. The van der Waals surface area contributed by atoms with Gasteiger partial charge in [-0.2, -0.15) is 0 Å². The van der Waals surface area contributed by atoms with Crippen molar-refractivity contribution in [1.82, 2.24) is 10.2 Å². The third-order valence-corrected chi connectivity index (χ3v) is 5.48. The van der Waals surface area contributed by atoms with Crippen LogP contribution in [0.1, 0.15) is 27.4 Å². The number of ether oxygens (including phenoxy) is 2. The second-order valence-electron chi connectivity index (χ2n) is 8.13. The van der Waals surface area contributed by atoms with Gasteiger partial charge in [0.2, 0.25) is 5.76 Å². The van der Waals surface area contributed by atoms with Crippen molar-refractivity contribution in [3.63, 3.8) is 0 Å². The van der Waals surface area contributed by atoms with E-state index >= 15 is 0 Å². The fraction of sp³-hybridized carbons (Fsp3) is 0.192. The Morgan fingerprint density at radius 2 is 1.92 bits per heavy atom. The summed E-state index contributed by atoms with van der Waals surface area (Å²) in [4.78, 5) is 39.9. The number of rotatable bonds is 8. The molecule has 1 aliphatic rings. The highest BCUT2D eigenvalue weighted by Crippen LogP contribution is 2.29. The molecule has 9 nitrogen and oxygen atoms in total. The van der Waals surface area contributed by atoms with Crippen LogP contribution in [0, 0.1) is 5.82 Å². The number of urea groups is 1. The van der Waals surface area contributed by atoms with E-state index < -0.39 is 17.9 Å². The Balaban J connectivity index is 1.57. The van der Waals surface area contributed by atoms with Gasteiger partial charge in [0.15, 0.2) is 0 Å². The van der Waals surface area contributed by atoms with E-state index in [2.05, 4.69) is 10.1 Å². The quantitative estimate of drug-likeness (QED) is 0.288. The SMILES string of the molecule is COC(=O)c1ccc(CN2C(=O)N/C(=C\c3ccc(N(C)C)cc3OCc3ccccc3F)C2=O)o1. The fourth-order valence-corrected chi connectivity index (χ4v) is 3.52. The van der Waals surface area contributed by atoms with Crippen LogP contribution in [0.15, 0.2) is 64.7 Å². The average Bonchev–Trinajstić information content (AvgIpc) is 3.44. The Morgan fingerprint density at radius 3 is 2.64 bits per heavy atom. The molecule has 36 heavy (non-hydrogen) atoms. The van der Waals surface area contributed by atoms with Crippen molar-refractivity contribution >= 4 is 29.7 Å². The minimum absolute atomic E-state index is 0.0207. The number of nitrogens with one attached hydrogen (secondary N) is 1. The lowest BCUT2D eigenvalue weighted by atomic mass is 10.1. The maximum absolute atomic E-state index is 14.1. The maximum Gasteiger partial charge on any atom is 0.373 e.